The van der Waals surface area contributed by atoms with Crippen molar-refractivity contribution in [2.24, 2.45) is 0 Å². The Balaban J connectivity index is 1.73. The maximum atomic E-state index is 12.4. The van der Waals surface area contributed by atoms with E-state index in [-0.39, 0.29) is 24.6 Å². The molecule has 0 aliphatic rings. The molecular formula is C19H19N5O4. The Hall–Kier alpha value is -3.75. The highest BCUT2D eigenvalue weighted by Gasteiger charge is 2.16. The number of nitrogens with zero attached hydrogens (tertiary/aromatic N) is 4. The van der Waals surface area contributed by atoms with Crippen LogP contribution in [0.5, 0.6) is 0 Å². The summed E-state index contributed by atoms with van der Waals surface area (Å²) in [5.74, 6) is -0.308. The second kappa shape index (κ2) is 7.87. The van der Waals surface area contributed by atoms with Gasteiger partial charge in [0.1, 0.15) is 0 Å². The maximum Gasteiger partial charge on any atom is 0.285 e. The van der Waals surface area contributed by atoms with Crippen molar-refractivity contribution in [3.63, 3.8) is 0 Å². The van der Waals surface area contributed by atoms with Crippen molar-refractivity contribution in [3.05, 3.63) is 80.5 Å². The van der Waals surface area contributed by atoms with Crippen molar-refractivity contribution in [2.45, 2.75) is 26.8 Å². The monoisotopic (exact) mass is 381 g/mol. The Morgan fingerprint density at radius 3 is 2.57 bits per heavy atom. The van der Waals surface area contributed by atoms with Gasteiger partial charge < -0.3 is 9.88 Å². The molecule has 0 saturated heterocycles. The van der Waals surface area contributed by atoms with E-state index in [1.165, 1.54) is 0 Å². The van der Waals surface area contributed by atoms with Gasteiger partial charge in [-0.3, -0.25) is 19.7 Å². The van der Waals surface area contributed by atoms with Crippen molar-refractivity contribution in [1.82, 2.24) is 14.3 Å². The molecule has 0 aliphatic heterocycles. The van der Waals surface area contributed by atoms with Gasteiger partial charge in [0.2, 0.25) is 5.91 Å². The predicted octanol–water partition coefficient (Wildman–Crippen LogP) is 2.59. The minimum absolute atomic E-state index is 0.00350. The fourth-order valence-corrected chi connectivity index (χ4v) is 2.87. The minimum Gasteiger partial charge on any atom is -0.323 e. The summed E-state index contributed by atoms with van der Waals surface area (Å²) in [6, 6.07) is 11.8. The van der Waals surface area contributed by atoms with Gasteiger partial charge in [-0.2, -0.15) is 5.10 Å². The molecule has 1 amide bonds. The molecule has 144 valence electrons. The molecule has 0 radical (unpaired) electrons. The summed E-state index contributed by atoms with van der Waals surface area (Å²) in [6.45, 7) is 3.69. The quantitative estimate of drug-likeness (QED) is 0.521. The molecule has 2 heterocycles. The summed E-state index contributed by atoms with van der Waals surface area (Å²) in [5.41, 5.74) is 2.34. The van der Waals surface area contributed by atoms with E-state index in [2.05, 4.69) is 10.4 Å². The van der Waals surface area contributed by atoms with Crippen LogP contribution in [0.25, 0.3) is 5.69 Å². The van der Waals surface area contributed by atoms with E-state index in [4.69, 9.17) is 0 Å². The smallest absolute Gasteiger partial charge is 0.285 e. The third-order valence-electron chi connectivity index (χ3n) is 4.31. The molecule has 0 spiro atoms. The number of hydrogen-bond donors (Lipinski definition) is 1. The van der Waals surface area contributed by atoms with Crippen LogP contribution in [0.4, 0.5) is 11.4 Å². The molecule has 0 aliphatic carbocycles. The summed E-state index contributed by atoms with van der Waals surface area (Å²) in [4.78, 5) is 34.5. The van der Waals surface area contributed by atoms with Gasteiger partial charge in [-0.25, -0.2) is 4.68 Å². The van der Waals surface area contributed by atoms with Crippen LogP contribution in [0.2, 0.25) is 0 Å². The SMILES string of the molecule is Cc1nn(-c2ccccc2)c(C)c1NC(=O)CCn1cc([N+](=O)[O-])ccc1=O. The van der Waals surface area contributed by atoms with E-state index >= 15 is 0 Å². The van der Waals surface area contributed by atoms with Crippen LogP contribution < -0.4 is 10.9 Å². The topological polar surface area (TPSA) is 112 Å². The van der Waals surface area contributed by atoms with E-state index in [1.54, 1.807) is 11.6 Å². The Morgan fingerprint density at radius 2 is 1.89 bits per heavy atom. The molecule has 0 saturated carbocycles. The second-order valence-electron chi connectivity index (χ2n) is 6.27. The van der Waals surface area contributed by atoms with Crippen LogP contribution in [0.3, 0.4) is 0 Å². The van der Waals surface area contributed by atoms with Gasteiger partial charge in [0, 0.05) is 25.1 Å². The zero-order chi connectivity index (χ0) is 20.3. The van der Waals surface area contributed by atoms with Gasteiger partial charge in [0.05, 0.1) is 33.9 Å². The fourth-order valence-electron chi connectivity index (χ4n) is 2.87. The molecule has 1 N–H and O–H groups in total. The predicted molar refractivity (Wildman–Crippen MR) is 104 cm³/mol. The number of rotatable bonds is 6. The first-order chi connectivity index (χ1) is 13.4. The van der Waals surface area contributed by atoms with E-state index in [1.807, 2.05) is 37.3 Å². The van der Waals surface area contributed by atoms with Gasteiger partial charge >= 0.3 is 0 Å². The Bertz CT molecular complexity index is 1090. The van der Waals surface area contributed by atoms with Crippen molar-refractivity contribution in [2.75, 3.05) is 5.32 Å². The van der Waals surface area contributed by atoms with Crippen LogP contribution in [0.1, 0.15) is 17.8 Å². The molecule has 3 rings (SSSR count). The molecule has 1 aromatic carbocycles. The Labute approximate surface area is 160 Å². The van der Waals surface area contributed by atoms with Crippen molar-refractivity contribution in [3.8, 4) is 5.69 Å². The molecule has 0 fully saturated rings. The highest BCUT2D eigenvalue weighted by atomic mass is 16.6. The number of para-hydroxylation sites is 1. The third kappa shape index (κ3) is 3.98. The average molecular weight is 381 g/mol. The summed E-state index contributed by atoms with van der Waals surface area (Å²) in [7, 11) is 0. The maximum absolute atomic E-state index is 12.4. The number of carbonyl (C=O) groups excluding carboxylic acids is 1. The minimum atomic E-state index is -0.583. The highest BCUT2D eigenvalue weighted by molar-refractivity contribution is 5.91. The van der Waals surface area contributed by atoms with E-state index in [0.717, 1.165) is 34.3 Å². The van der Waals surface area contributed by atoms with E-state index in [0.29, 0.717) is 11.4 Å². The van der Waals surface area contributed by atoms with Crippen LogP contribution >= 0.6 is 0 Å². The number of aromatic nitrogens is 3. The van der Waals surface area contributed by atoms with E-state index in [9.17, 15) is 19.7 Å². The first-order valence-electron chi connectivity index (χ1n) is 8.63. The van der Waals surface area contributed by atoms with Gasteiger partial charge in [-0.15, -0.1) is 0 Å². The van der Waals surface area contributed by atoms with E-state index < -0.39 is 10.5 Å². The van der Waals surface area contributed by atoms with Crippen LogP contribution in [0.15, 0.2) is 53.5 Å². The van der Waals surface area contributed by atoms with Gasteiger partial charge in [0.15, 0.2) is 0 Å². The largest absolute Gasteiger partial charge is 0.323 e. The van der Waals surface area contributed by atoms with Gasteiger partial charge in [0.25, 0.3) is 11.2 Å². The lowest BCUT2D eigenvalue weighted by atomic mass is 10.2. The number of amides is 1. The van der Waals surface area contributed by atoms with Crippen LogP contribution in [-0.4, -0.2) is 25.2 Å². The van der Waals surface area contributed by atoms with Crippen LogP contribution in [-0.2, 0) is 11.3 Å². The number of hydrogen-bond acceptors (Lipinski definition) is 5. The molecule has 0 unspecified atom stereocenters. The summed E-state index contributed by atoms with van der Waals surface area (Å²) in [5, 5.41) is 18.1. The molecule has 2 aromatic heterocycles. The summed E-state index contributed by atoms with van der Waals surface area (Å²) >= 11 is 0. The van der Waals surface area contributed by atoms with Gasteiger partial charge in [-0.05, 0) is 26.0 Å². The second-order valence-corrected chi connectivity index (χ2v) is 6.27. The molecule has 9 heteroatoms. The number of pyridine rings is 1. The molecule has 0 bridgehead atoms. The number of anilines is 1. The first kappa shape index (κ1) is 19.0. The molecule has 0 atom stereocenters. The number of benzene rings is 1. The lowest BCUT2D eigenvalue weighted by molar-refractivity contribution is -0.385. The number of nitrogens with one attached hydrogen (secondary N) is 1. The standard InChI is InChI=1S/C19H19N5O4/c1-13-19(14(2)23(21-13)15-6-4-3-5-7-15)20-17(25)10-11-22-12-16(24(27)28)8-9-18(22)26/h3-9,12H,10-11H2,1-2H3,(H,20,25). The van der Waals surface area contributed by atoms with Gasteiger partial charge in [-0.1, -0.05) is 18.2 Å². The van der Waals surface area contributed by atoms with Crippen molar-refractivity contribution in [1.29, 1.82) is 0 Å². The Kier molecular flexibility index (Phi) is 5.35. The summed E-state index contributed by atoms with van der Waals surface area (Å²) < 4.78 is 2.90. The highest BCUT2D eigenvalue weighted by Crippen LogP contribution is 2.22. The zero-order valence-corrected chi connectivity index (χ0v) is 15.5. The van der Waals surface area contributed by atoms with Crippen molar-refractivity contribution >= 4 is 17.3 Å². The van der Waals surface area contributed by atoms with Crippen molar-refractivity contribution < 1.29 is 9.72 Å². The number of nitro groups is 1. The molecule has 3 aromatic rings. The Morgan fingerprint density at radius 1 is 1.18 bits per heavy atom. The number of aryl methyl sites for hydroxylation is 2. The lowest BCUT2D eigenvalue weighted by Crippen LogP contribution is -2.22. The number of carbonyl (C=O) groups is 1. The zero-order valence-electron chi connectivity index (χ0n) is 15.5. The molecule has 9 nitrogen and oxygen atoms in total. The third-order valence-corrected chi connectivity index (χ3v) is 4.31. The fraction of sp³-hybridized carbons (Fsp3) is 0.211. The average Bonchev–Trinajstić information content (AvgIpc) is 2.96. The molecule has 28 heavy (non-hydrogen) atoms. The normalized spacial score (nSPS) is 10.6. The molecular weight excluding hydrogens is 362 g/mol. The summed E-state index contributed by atoms with van der Waals surface area (Å²) in [6.07, 6.45) is 1.13. The lowest BCUT2D eigenvalue weighted by Gasteiger charge is -2.08. The first-order valence-corrected chi connectivity index (χ1v) is 8.63. The van der Waals surface area contributed by atoms with Crippen LogP contribution in [0, 0.1) is 24.0 Å².